The summed E-state index contributed by atoms with van der Waals surface area (Å²) in [6, 6.07) is 0. The topological polar surface area (TPSA) is 9.23 Å². The summed E-state index contributed by atoms with van der Waals surface area (Å²) in [5.41, 5.74) is 0.200. The molecule has 0 saturated carbocycles. The number of ether oxygens (including phenoxy) is 1. The van der Waals surface area contributed by atoms with E-state index in [1.165, 1.54) is 24.3 Å². The molecular weight excluding hydrogens is 156 g/mol. The first kappa shape index (κ1) is 9.40. The second-order valence-electron chi connectivity index (χ2n) is 3.54. The predicted octanol–water partition coefficient (Wildman–Crippen LogP) is 2.55. The molecule has 0 aliphatic carbocycles. The van der Waals surface area contributed by atoms with E-state index < -0.39 is 0 Å². The predicted molar refractivity (Wildman–Crippen MR) is 51.1 cm³/mol. The van der Waals surface area contributed by atoms with Crippen molar-refractivity contribution in [3.8, 4) is 0 Å². The summed E-state index contributed by atoms with van der Waals surface area (Å²) in [4.78, 5) is 0. The molecule has 0 N–H and O–H groups in total. The molecule has 0 spiro atoms. The van der Waals surface area contributed by atoms with E-state index in [1.54, 1.807) is 0 Å². The van der Waals surface area contributed by atoms with Crippen molar-refractivity contribution >= 4 is 11.8 Å². The zero-order valence-electron chi connectivity index (χ0n) is 7.72. The monoisotopic (exact) mass is 174 g/mol. The van der Waals surface area contributed by atoms with Crippen molar-refractivity contribution in [2.24, 2.45) is 5.92 Å². The first-order chi connectivity index (χ1) is 5.21. The summed E-state index contributed by atoms with van der Waals surface area (Å²) < 4.78 is 5.63. The second-order valence-corrected chi connectivity index (χ2v) is 4.76. The van der Waals surface area contributed by atoms with Crippen LogP contribution in [0, 0.1) is 5.92 Å². The molecule has 1 rings (SSSR count). The largest absolute Gasteiger partial charge is 0.378 e. The fourth-order valence-corrected chi connectivity index (χ4v) is 2.92. The van der Waals surface area contributed by atoms with Crippen molar-refractivity contribution in [2.45, 2.75) is 32.3 Å². The third kappa shape index (κ3) is 1.91. The molecule has 1 saturated heterocycles. The van der Waals surface area contributed by atoms with Gasteiger partial charge in [-0.25, -0.2) is 0 Å². The first-order valence-corrected chi connectivity index (χ1v) is 5.49. The molecule has 2 heteroatoms. The third-order valence-corrected chi connectivity index (χ3v) is 3.78. The standard InChI is InChI=1S/C9H18OS/c1-8(2)9(10-3)4-6-11-7-5-9/h8H,4-7H2,1-3H3. The van der Waals surface area contributed by atoms with Crippen molar-refractivity contribution < 1.29 is 4.74 Å². The Labute approximate surface area is 73.9 Å². The molecule has 11 heavy (non-hydrogen) atoms. The lowest BCUT2D eigenvalue weighted by atomic mass is 9.85. The van der Waals surface area contributed by atoms with E-state index in [2.05, 4.69) is 13.8 Å². The van der Waals surface area contributed by atoms with Gasteiger partial charge in [-0.05, 0) is 30.3 Å². The minimum Gasteiger partial charge on any atom is -0.378 e. The molecule has 0 aromatic heterocycles. The van der Waals surface area contributed by atoms with Gasteiger partial charge in [-0.15, -0.1) is 0 Å². The molecule has 66 valence electrons. The molecule has 1 aliphatic heterocycles. The van der Waals surface area contributed by atoms with Crippen LogP contribution in [0.5, 0.6) is 0 Å². The Hall–Kier alpha value is 0.310. The van der Waals surface area contributed by atoms with Gasteiger partial charge in [0, 0.05) is 7.11 Å². The highest BCUT2D eigenvalue weighted by Gasteiger charge is 2.34. The molecule has 0 amide bonds. The maximum atomic E-state index is 5.63. The maximum absolute atomic E-state index is 5.63. The van der Waals surface area contributed by atoms with E-state index in [9.17, 15) is 0 Å². The Morgan fingerprint density at radius 1 is 1.27 bits per heavy atom. The van der Waals surface area contributed by atoms with Gasteiger partial charge in [0.1, 0.15) is 0 Å². The molecule has 0 unspecified atom stereocenters. The maximum Gasteiger partial charge on any atom is 0.0717 e. The molecule has 1 nitrogen and oxygen atoms in total. The molecule has 1 fully saturated rings. The molecule has 0 bridgehead atoms. The Morgan fingerprint density at radius 3 is 2.09 bits per heavy atom. The van der Waals surface area contributed by atoms with Crippen molar-refractivity contribution in [1.82, 2.24) is 0 Å². The van der Waals surface area contributed by atoms with Gasteiger partial charge in [0.15, 0.2) is 0 Å². The van der Waals surface area contributed by atoms with Crippen LogP contribution >= 0.6 is 11.8 Å². The van der Waals surface area contributed by atoms with Crippen molar-refractivity contribution in [2.75, 3.05) is 18.6 Å². The Kier molecular flexibility index (Phi) is 3.26. The van der Waals surface area contributed by atoms with Crippen LogP contribution in [0.25, 0.3) is 0 Å². The zero-order valence-corrected chi connectivity index (χ0v) is 8.54. The van der Waals surface area contributed by atoms with Crippen molar-refractivity contribution in [3.63, 3.8) is 0 Å². The van der Waals surface area contributed by atoms with Crippen molar-refractivity contribution in [1.29, 1.82) is 0 Å². The van der Waals surface area contributed by atoms with Crippen LogP contribution in [-0.2, 0) is 4.74 Å². The summed E-state index contributed by atoms with van der Waals surface area (Å²) in [5, 5.41) is 0. The third-order valence-electron chi connectivity index (χ3n) is 2.80. The smallest absolute Gasteiger partial charge is 0.0717 e. The number of methoxy groups -OCH3 is 1. The van der Waals surface area contributed by atoms with Gasteiger partial charge in [-0.1, -0.05) is 13.8 Å². The minimum atomic E-state index is 0.200. The average Bonchev–Trinajstić information content (AvgIpc) is 2.05. The summed E-state index contributed by atoms with van der Waals surface area (Å²) in [6.07, 6.45) is 2.46. The summed E-state index contributed by atoms with van der Waals surface area (Å²) in [5.74, 6) is 3.20. The average molecular weight is 174 g/mol. The summed E-state index contributed by atoms with van der Waals surface area (Å²) in [6.45, 7) is 4.53. The lowest BCUT2D eigenvalue weighted by molar-refractivity contribution is -0.0538. The van der Waals surface area contributed by atoms with Gasteiger partial charge in [0.2, 0.25) is 0 Å². The van der Waals surface area contributed by atoms with Gasteiger partial charge < -0.3 is 4.74 Å². The van der Waals surface area contributed by atoms with Crippen molar-refractivity contribution in [3.05, 3.63) is 0 Å². The fraction of sp³-hybridized carbons (Fsp3) is 1.00. The Bertz CT molecular complexity index is 117. The highest BCUT2D eigenvalue weighted by molar-refractivity contribution is 7.99. The first-order valence-electron chi connectivity index (χ1n) is 4.34. The lowest BCUT2D eigenvalue weighted by Crippen LogP contribution is -2.40. The van der Waals surface area contributed by atoms with Gasteiger partial charge in [0.05, 0.1) is 5.60 Å². The van der Waals surface area contributed by atoms with Crippen LogP contribution < -0.4 is 0 Å². The Balaban J connectivity index is 2.57. The molecule has 0 aromatic rings. The van der Waals surface area contributed by atoms with E-state index in [4.69, 9.17) is 4.74 Å². The van der Waals surface area contributed by atoms with Crippen LogP contribution in [0.2, 0.25) is 0 Å². The van der Waals surface area contributed by atoms with Gasteiger partial charge in [-0.3, -0.25) is 0 Å². The number of hydrogen-bond acceptors (Lipinski definition) is 2. The minimum absolute atomic E-state index is 0.200. The fourth-order valence-electron chi connectivity index (χ4n) is 1.73. The molecule has 1 aliphatic rings. The second kappa shape index (κ2) is 3.81. The highest BCUT2D eigenvalue weighted by atomic mass is 32.2. The Morgan fingerprint density at radius 2 is 1.82 bits per heavy atom. The van der Waals surface area contributed by atoms with Gasteiger partial charge in [0.25, 0.3) is 0 Å². The van der Waals surface area contributed by atoms with Crippen LogP contribution in [0.1, 0.15) is 26.7 Å². The van der Waals surface area contributed by atoms with E-state index in [-0.39, 0.29) is 5.60 Å². The van der Waals surface area contributed by atoms with Gasteiger partial charge >= 0.3 is 0 Å². The van der Waals surface area contributed by atoms with Crippen LogP contribution in [0.15, 0.2) is 0 Å². The summed E-state index contributed by atoms with van der Waals surface area (Å²) >= 11 is 2.05. The summed E-state index contributed by atoms with van der Waals surface area (Å²) in [7, 11) is 1.86. The molecular formula is C9H18OS. The van der Waals surface area contributed by atoms with E-state index in [1.807, 2.05) is 18.9 Å². The lowest BCUT2D eigenvalue weighted by Gasteiger charge is -2.39. The number of rotatable bonds is 2. The van der Waals surface area contributed by atoms with E-state index >= 15 is 0 Å². The van der Waals surface area contributed by atoms with Crippen LogP contribution in [0.3, 0.4) is 0 Å². The molecule has 0 aromatic carbocycles. The van der Waals surface area contributed by atoms with Crippen LogP contribution in [0.4, 0.5) is 0 Å². The number of thioether (sulfide) groups is 1. The van der Waals surface area contributed by atoms with E-state index in [0.717, 1.165) is 0 Å². The SMILES string of the molecule is COC1(C(C)C)CCSCC1. The molecule has 1 heterocycles. The quantitative estimate of drug-likeness (QED) is 0.636. The molecule has 0 radical (unpaired) electrons. The normalized spacial score (nSPS) is 24.0. The van der Waals surface area contributed by atoms with Gasteiger partial charge in [-0.2, -0.15) is 11.8 Å². The number of hydrogen-bond donors (Lipinski definition) is 0. The van der Waals surface area contributed by atoms with E-state index in [0.29, 0.717) is 5.92 Å². The highest BCUT2D eigenvalue weighted by Crippen LogP contribution is 2.35. The zero-order chi connectivity index (χ0) is 8.32. The molecule has 0 atom stereocenters. The van der Waals surface area contributed by atoms with Crippen LogP contribution in [-0.4, -0.2) is 24.2 Å².